The zero-order chi connectivity index (χ0) is 30.8. The second-order valence-electron chi connectivity index (χ2n) is 10.5. The van der Waals surface area contributed by atoms with Gasteiger partial charge in [0, 0.05) is 37.0 Å². The Morgan fingerprint density at radius 2 is 1.45 bits per heavy atom. The first-order valence-electron chi connectivity index (χ1n) is 14.0. The summed E-state index contributed by atoms with van der Waals surface area (Å²) in [4.78, 5) is 58.4. The molecule has 10 heteroatoms. The molecule has 5 N–H and O–H groups in total. The molecule has 0 fully saturated rings. The number of hydrogen-bond donors (Lipinski definition) is 4. The molecule has 0 saturated carbocycles. The molecule has 6 aromatic rings. The number of amides is 4. The zero-order valence-electron chi connectivity index (χ0n) is 23.8. The standard InChI is InChI=1S/C34H28N6O4/c1-19(41)39-25-12-14-37-28(17-25)27-16-24(11-13-36-27)33(43)40-29(34(44)38-18-30(35)42)15-23-8-7-22-6-5-20-3-2-4-21-9-10-26(23)32(22)31(20)21/h2-14,16-17,29H,15,18H2,1H3,(H2,35,42)(H,38,44)(H,40,43)(H,37,39,41)/t29-/m0/s1. The van der Waals surface area contributed by atoms with E-state index in [1.54, 1.807) is 18.2 Å². The number of benzene rings is 4. The lowest BCUT2D eigenvalue weighted by molar-refractivity contribution is -0.126. The summed E-state index contributed by atoms with van der Waals surface area (Å²) in [5, 5.41) is 14.6. The number of anilines is 1. The molecule has 0 aliphatic rings. The average Bonchev–Trinajstić information content (AvgIpc) is 3.02. The fourth-order valence-corrected chi connectivity index (χ4v) is 5.51. The van der Waals surface area contributed by atoms with Gasteiger partial charge in [-0.2, -0.15) is 0 Å². The Hall–Kier alpha value is -5.90. The molecular formula is C34H28N6O4. The average molecular weight is 585 g/mol. The molecule has 218 valence electrons. The molecule has 6 rings (SSSR count). The number of nitrogens with zero attached hydrogens (tertiary/aromatic N) is 2. The van der Waals surface area contributed by atoms with Gasteiger partial charge >= 0.3 is 0 Å². The van der Waals surface area contributed by atoms with Gasteiger partial charge in [0.2, 0.25) is 17.7 Å². The molecule has 44 heavy (non-hydrogen) atoms. The number of pyridine rings is 2. The molecular weight excluding hydrogens is 556 g/mol. The molecule has 4 aromatic carbocycles. The normalized spacial score (nSPS) is 11.8. The molecule has 2 heterocycles. The minimum Gasteiger partial charge on any atom is -0.368 e. The topological polar surface area (TPSA) is 156 Å². The third-order valence-corrected chi connectivity index (χ3v) is 7.47. The lowest BCUT2D eigenvalue weighted by atomic mass is 9.90. The highest BCUT2D eigenvalue weighted by atomic mass is 16.2. The van der Waals surface area contributed by atoms with Crippen LogP contribution in [0.2, 0.25) is 0 Å². The van der Waals surface area contributed by atoms with Crippen molar-refractivity contribution < 1.29 is 19.2 Å². The summed E-state index contributed by atoms with van der Waals surface area (Å²) in [6.45, 7) is 1.04. The van der Waals surface area contributed by atoms with E-state index >= 15 is 0 Å². The van der Waals surface area contributed by atoms with E-state index in [1.165, 1.54) is 25.4 Å². The zero-order valence-corrected chi connectivity index (χ0v) is 23.8. The second-order valence-corrected chi connectivity index (χ2v) is 10.5. The lowest BCUT2D eigenvalue weighted by Crippen LogP contribution is -2.49. The third kappa shape index (κ3) is 5.73. The number of primary amides is 1. The van der Waals surface area contributed by atoms with E-state index in [2.05, 4.69) is 56.3 Å². The number of carbonyl (C=O) groups excluding carboxylic acids is 4. The SMILES string of the molecule is CC(=O)Nc1ccnc(-c2cc(C(=O)N[C@@H](Cc3ccc4ccc5cccc6ccc3c4c56)C(=O)NCC(N)=O)ccn2)c1. The molecule has 4 amide bonds. The van der Waals surface area contributed by atoms with Crippen molar-refractivity contribution in [2.45, 2.75) is 19.4 Å². The largest absolute Gasteiger partial charge is 0.368 e. The Morgan fingerprint density at radius 3 is 2.18 bits per heavy atom. The third-order valence-electron chi connectivity index (χ3n) is 7.47. The maximum absolute atomic E-state index is 13.5. The van der Waals surface area contributed by atoms with Gasteiger partial charge in [0.25, 0.3) is 5.91 Å². The summed E-state index contributed by atoms with van der Waals surface area (Å²) < 4.78 is 0. The quantitative estimate of drug-likeness (QED) is 0.189. The van der Waals surface area contributed by atoms with Crippen molar-refractivity contribution in [3.63, 3.8) is 0 Å². The first-order chi connectivity index (χ1) is 21.3. The molecule has 0 aliphatic carbocycles. The van der Waals surface area contributed by atoms with Crippen LogP contribution in [-0.2, 0) is 20.8 Å². The van der Waals surface area contributed by atoms with Crippen LogP contribution in [0.25, 0.3) is 43.7 Å². The van der Waals surface area contributed by atoms with Crippen molar-refractivity contribution in [1.82, 2.24) is 20.6 Å². The van der Waals surface area contributed by atoms with Crippen molar-refractivity contribution in [3.8, 4) is 11.4 Å². The second kappa shape index (κ2) is 11.8. The van der Waals surface area contributed by atoms with E-state index in [1.807, 2.05) is 24.3 Å². The van der Waals surface area contributed by atoms with Crippen LogP contribution in [0.3, 0.4) is 0 Å². The Bertz CT molecular complexity index is 2060. The van der Waals surface area contributed by atoms with Crippen molar-refractivity contribution >= 4 is 61.6 Å². The Balaban J connectivity index is 1.32. The smallest absolute Gasteiger partial charge is 0.252 e. The molecule has 0 unspecified atom stereocenters. The highest BCUT2D eigenvalue weighted by Gasteiger charge is 2.24. The fraction of sp³-hybridized carbons (Fsp3) is 0.118. The maximum atomic E-state index is 13.5. The van der Waals surface area contributed by atoms with E-state index in [4.69, 9.17) is 5.73 Å². The van der Waals surface area contributed by atoms with Crippen LogP contribution in [0.1, 0.15) is 22.8 Å². The monoisotopic (exact) mass is 584 g/mol. The van der Waals surface area contributed by atoms with E-state index in [0.717, 1.165) is 37.9 Å². The van der Waals surface area contributed by atoms with Gasteiger partial charge in [-0.05, 0) is 62.1 Å². The number of nitrogens with two attached hydrogens (primary N) is 1. The van der Waals surface area contributed by atoms with E-state index < -0.39 is 23.8 Å². The van der Waals surface area contributed by atoms with Gasteiger partial charge < -0.3 is 21.7 Å². The van der Waals surface area contributed by atoms with Gasteiger partial charge in [-0.3, -0.25) is 29.1 Å². The number of rotatable bonds is 9. The lowest BCUT2D eigenvalue weighted by Gasteiger charge is -2.20. The van der Waals surface area contributed by atoms with Crippen LogP contribution in [-0.4, -0.2) is 46.2 Å². The van der Waals surface area contributed by atoms with Crippen LogP contribution in [0.15, 0.2) is 91.3 Å². The van der Waals surface area contributed by atoms with Crippen molar-refractivity contribution in [2.24, 2.45) is 5.73 Å². The first kappa shape index (κ1) is 28.2. The minimum absolute atomic E-state index is 0.169. The van der Waals surface area contributed by atoms with Crippen molar-refractivity contribution in [2.75, 3.05) is 11.9 Å². The summed E-state index contributed by atoms with van der Waals surface area (Å²) in [5.41, 5.74) is 7.80. The summed E-state index contributed by atoms with van der Waals surface area (Å²) in [7, 11) is 0. The van der Waals surface area contributed by atoms with Crippen LogP contribution in [0.4, 0.5) is 5.69 Å². The molecule has 0 radical (unpaired) electrons. The Kier molecular flexibility index (Phi) is 7.55. The van der Waals surface area contributed by atoms with Crippen LogP contribution >= 0.6 is 0 Å². The fourth-order valence-electron chi connectivity index (χ4n) is 5.51. The summed E-state index contributed by atoms with van der Waals surface area (Å²) >= 11 is 0. The van der Waals surface area contributed by atoms with Crippen LogP contribution in [0.5, 0.6) is 0 Å². The predicted octanol–water partition coefficient (Wildman–Crippen LogP) is 3.94. The van der Waals surface area contributed by atoms with E-state index in [-0.39, 0.29) is 24.4 Å². The van der Waals surface area contributed by atoms with Crippen molar-refractivity contribution in [3.05, 3.63) is 102 Å². The van der Waals surface area contributed by atoms with Gasteiger partial charge in [-0.25, -0.2) is 0 Å². The van der Waals surface area contributed by atoms with E-state index in [0.29, 0.717) is 17.1 Å². The molecule has 2 aromatic heterocycles. The Morgan fingerprint density at radius 1 is 0.795 bits per heavy atom. The maximum Gasteiger partial charge on any atom is 0.252 e. The van der Waals surface area contributed by atoms with Gasteiger partial charge in [0.1, 0.15) is 6.04 Å². The molecule has 10 nitrogen and oxygen atoms in total. The molecule has 0 aliphatic heterocycles. The number of carbonyl (C=O) groups is 4. The van der Waals surface area contributed by atoms with Crippen molar-refractivity contribution in [1.29, 1.82) is 0 Å². The van der Waals surface area contributed by atoms with Gasteiger partial charge in [-0.1, -0.05) is 54.6 Å². The highest BCUT2D eigenvalue weighted by Crippen LogP contribution is 2.36. The van der Waals surface area contributed by atoms with Crippen LogP contribution in [0, 0.1) is 0 Å². The number of nitrogens with one attached hydrogen (secondary N) is 3. The van der Waals surface area contributed by atoms with Gasteiger partial charge in [0.05, 0.1) is 17.9 Å². The molecule has 1 atom stereocenters. The minimum atomic E-state index is -1.02. The van der Waals surface area contributed by atoms with E-state index in [9.17, 15) is 19.2 Å². The van der Waals surface area contributed by atoms with Gasteiger partial charge in [0.15, 0.2) is 0 Å². The first-order valence-corrected chi connectivity index (χ1v) is 14.0. The molecule has 0 bridgehead atoms. The van der Waals surface area contributed by atoms with Crippen LogP contribution < -0.4 is 21.7 Å². The summed E-state index contributed by atoms with van der Waals surface area (Å²) in [6.07, 6.45) is 3.17. The molecule has 0 spiro atoms. The number of hydrogen-bond acceptors (Lipinski definition) is 6. The van der Waals surface area contributed by atoms with Gasteiger partial charge in [-0.15, -0.1) is 0 Å². The predicted molar refractivity (Wildman–Crippen MR) is 169 cm³/mol. The summed E-state index contributed by atoms with van der Waals surface area (Å²) in [5.74, 6) is -1.97. The number of aromatic nitrogens is 2. The Labute approximate surface area is 252 Å². The highest BCUT2D eigenvalue weighted by molar-refractivity contribution is 6.23. The summed E-state index contributed by atoms with van der Waals surface area (Å²) in [6, 6.07) is 23.8. The molecule has 0 saturated heterocycles.